The van der Waals surface area contributed by atoms with Gasteiger partial charge in [0.1, 0.15) is 17.6 Å². The summed E-state index contributed by atoms with van der Waals surface area (Å²) in [6.07, 6.45) is -1.27. The summed E-state index contributed by atoms with van der Waals surface area (Å²) in [5.41, 5.74) is -1.03. The first kappa shape index (κ1) is 26.4. The lowest BCUT2D eigenvalue weighted by atomic mass is 10.3. The molecular weight excluding hydrogens is 497 g/mol. The van der Waals surface area contributed by atoms with Crippen LogP contribution < -0.4 is 10.6 Å². The molecule has 2 aromatic rings. The fourth-order valence-corrected chi connectivity index (χ4v) is 3.90. The van der Waals surface area contributed by atoms with Crippen molar-refractivity contribution in [2.45, 2.75) is 25.4 Å². The predicted molar refractivity (Wildman–Crippen MR) is 125 cm³/mol. The summed E-state index contributed by atoms with van der Waals surface area (Å²) < 4.78 is 50.9. The van der Waals surface area contributed by atoms with Crippen molar-refractivity contribution in [2.24, 2.45) is 0 Å². The molecule has 0 unspecified atom stereocenters. The van der Waals surface area contributed by atoms with E-state index in [1.165, 1.54) is 11.2 Å². The zero-order valence-corrected chi connectivity index (χ0v) is 20.4. The molecule has 2 fully saturated rings. The molecule has 0 aliphatic carbocycles. The summed E-state index contributed by atoms with van der Waals surface area (Å²) in [6, 6.07) is 0. The van der Waals surface area contributed by atoms with E-state index in [1.807, 2.05) is 7.05 Å². The summed E-state index contributed by atoms with van der Waals surface area (Å²) in [6.45, 7) is 3.93. The van der Waals surface area contributed by atoms with Gasteiger partial charge in [-0.2, -0.15) is 23.1 Å². The van der Waals surface area contributed by atoms with E-state index in [4.69, 9.17) is 9.15 Å². The van der Waals surface area contributed by atoms with E-state index in [0.717, 1.165) is 25.9 Å². The Morgan fingerprint density at radius 1 is 1.14 bits per heavy atom. The Morgan fingerprint density at radius 2 is 1.92 bits per heavy atom. The average molecular weight is 527 g/mol. The highest BCUT2D eigenvalue weighted by atomic mass is 19.4. The highest BCUT2D eigenvalue weighted by molar-refractivity contribution is 5.90. The second kappa shape index (κ2) is 11.6. The number of carbonyl (C=O) groups excluding carboxylic acids is 2. The van der Waals surface area contributed by atoms with Crippen LogP contribution in [0.5, 0.6) is 0 Å². The van der Waals surface area contributed by atoms with Crippen LogP contribution in [0.4, 0.5) is 35.5 Å². The number of oxazole rings is 1. The molecule has 0 bridgehead atoms. The molecule has 2 aromatic heterocycles. The molecule has 15 heteroatoms. The first-order valence-corrected chi connectivity index (χ1v) is 12.0. The van der Waals surface area contributed by atoms with Gasteiger partial charge in [-0.05, 0) is 26.3 Å². The maximum Gasteiger partial charge on any atom is 0.421 e. The van der Waals surface area contributed by atoms with Gasteiger partial charge in [0, 0.05) is 52.0 Å². The number of hydrogen-bond donors (Lipinski definition) is 2. The van der Waals surface area contributed by atoms with Gasteiger partial charge in [0.05, 0.1) is 6.61 Å². The highest BCUT2D eigenvalue weighted by Crippen LogP contribution is 2.34. The van der Waals surface area contributed by atoms with Crippen LogP contribution in [0, 0.1) is 0 Å². The number of rotatable bonds is 8. The molecule has 2 aliphatic rings. The standard InChI is InChI=1S/C22H29F3N8O4/c1-31-8-10-32(11-9-31)19(34)18-28-16(14-37-18)29-20-27-13-15(22(23,24)25)17(30-20)26-5-4-7-33-6-2-3-12-36-21(33)35/h13-14H,2-12H2,1H3,(H2,26,27,29,30). The van der Waals surface area contributed by atoms with E-state index in [0.29, 0.717) is 45.4 Å². The zero-order chi connectivity index (χ0) is 26.4. The molecule has 0 radical (unpaired) electrons. The molecule has 12 nitrogen and oxygen atoms in total. The van der Waals surface area contributed by atoms with Gasteiger partial charge in [-0.3, -0.25) is 4.79 Å². The van der Waals surface area contributed by atoms with Gasteiger partial charge in [-0.1, -0.05) is 0 Å². The molecule has 0 atom stereocenters. The number of halogens is 3. The Morgan fingerprint density at radius 3 is 2.68 bits per heavy atom. The lowest BCUT2D eigenvalue weighted by Crippen LogP contribution is -2.47. The average Bonchev–Trinajstić information content (AvgIpc) is 3.22. The lowest BCUT2D eigenvalue weighted by Gasteiger charge is -2.31. The Hall–Kier alpha value is -3.62. The Kier molecular flexibility index (Phi) is 8.31. The van der Waals surface area contributed by atoms with Crippen LogP contribution >= 0.6 is 0 Å². The number of likely N-dealkylation sites (N-methyl/N-ethyl adjacent to an activating group) is 1. The third-order valence-electron chi connectivity index (χ3n) is 6.02. The Balaban J connectivity index is 1.38. The Bertz CT molecular complexity index is 1090. The van der Waals surface area contributed by atoms with E-state index >= 15 is 0 Å². The first-order valence-electron chi connectivity index (χ1n) is 12.0. The molecule has 0 saturated carbocycles. The number of aromatic nitrogens is 3. The van der Waals surface area contributed by atoms with Crippen molar-refractivity contribution in [2.75, 3.05) is 70.1 Å². The number of carbonyl (C=O) groups is 2. The lowest BCUT2D eigenvalue weighted by molar-refractivity contribution is -0.137. The first-order chi connectivity index (χ1) is 17.7. The van der Waals surface area contributed by atoms with Crippen LogP contribution in [0.15, 0.2) is 16.9 Å². The van der Waals surface area contributed by atoms with Crippen LogP contribution in [0.25, 0.3) is 0 Å². The molecule has 2 amide bonds. The number of anilines is 3. The van der Waals surface area contributed by atoms with E-state index in [-0.39, 0.29) is 30.1 Å². The number of ether oxygens (including phenoxy) is 1. The number of piperazine rings is 1. The quantitative estimate of drug-likeness (QED) is 0.495. The van der Waals surface area contributed by atoms with E-state index in [2.05, 4.69) is 30.5 Å². The minimum absolute atomic E-state index is 0.0860. The molecule has 2 N–H and O–H groups in total. The van der Waals surface area contributed by atoms with Crippen molar-refractivity contribution in [3.63, 3.8) is 0 Å². The van der Waals surface area contributed by atoms with Crippen LogP contribution in [-0.4, -0.2) is 101 Å². The fourth-order valence-electron chi connectivity index (χ4n) is 3.90. The molecule has 4 heterocycles. The van der Waals surface area contributed by atoms with Crippen molar-refractivity contribution < 1.29 is 31.9 Å². The molecule has 37 heavy (non-hydrogen) atoms. The third kappa shape index (κ3) is 6.99. The molecule has 4 rings (SSSR count). The molecule has 0 spiro atoms. The van der Waals surface area contributed by atoms with Gasteiger partial charge < -0.3 is 34.5 Å². The topological polar surface area (TPSA) is 129 Å². The second-order valence-corrected chi connectivity index (χ2v) is 8.80. The number of hydrogen-bond acceptors (Lipinski definition) is 10. The zero-order valence-electron chi connectivity index (χ0n) is 20.4. The van der Waals surface area contributed by atoms with Crippen LogP contribution in [0.2, 0.25) is 0 Å². The predicted octanol–water partition coefficient (Wildman–Crippen LogP) is 2.65. The van der Waals surface area contributed by atoms with Crippen molar-refractivity contribution in [1.82, 2.24) is 29.7 Å². The second-order valence-electron chi connectivity index (χ2n) is 8.80. The van der Waals surface area contributed by atoms with Crippen LogP contribution in [0.1, 0.15) is 35.5 Å². The molecule has 2 aliphatic heterocycles. The van der Waals surface area contributed by atoms with Gasteiger partial charge in [0.2, 0.25) is 5.95 Å². The van der Waals surface area contributed by atoms with Gasteiger partial charge in [-0.15, -0.1) is 0 Å². The van der Waals surface area contributed by atoms with Crippen molar-refractivity contribution in [1.29, 1.82) is 0 Å². The smallest absolute Gasteiger partial charge is 0.421 e. The van der Waals surface area contributed by atoms with Crippen LogP contribution in [-0.2, 0) is 10.9 Å². The number of nitrogens with one attached hydrogen (secondary N) is 2. The maximum atomic E-state index is 13.5. The van der Waals surface area contributed by atoms with Crippen molar-refractivity contribution in [3.05, 3.63) is 23.9 Å². The summed E-state index contributed by atoms with van der Waals surface area (Å²) in [4.78, 5) is 41.6. The molecule has 2 saturated heterocycles. The molecule has 202 valence electrons. The summed E-state index contributed by atoms with van der Waals surface area (Å²) in [7, 11) is 1.97. The summed E-state index contributed by atoms with van der Waals surface area (Å²) >= 11 is 0. The molecular formula is C22H29F3N8O4. The van der Waals surface area contributed by atoms with Crippen molar-refractivity contribution >= 4 is 29.6 Å². The minimum Gasteiger partial charge on any atom is -0.449 e. The summed E-state index contributed by atoms with van der Waals surface area (Å²) in [5.74, 6) is -0.989. The largest absolute Gasteiger partial charge is 0.449 e. The van der Waals surface area contributed by atoms with Crippen molar-refractivity contribution in [3.8, 4) is 0 Å². The number of amides is 2. The fraction of sp³-hybridized carbons (Fsp3) is 0.591. The highest BCUT2D eigenvalue weighted by Gasteiger charge is 2.35. The van der Waals surface area contributed by atoms with E-state index in [9.17, 15) is 22.8 Å². The number of nitrogens with zero attached hydrogens (tertiary/aromatic N) is 6. The minimum atomic E-state index is -4.68. The van der Waals surface area contributed by atoms with E-state index in [1.54, 1.807) is 4.90 Å². The number of alkyl halides is 3. The normalized spacial score (nSPS) is 17.4. The SMILES string of the molecule is CN1CCN(C(=O)c2nc(Nc3ncc(C(F)(F)F)c(NCCCN4CCCCOC4=O)n3)co2)CC1. The number of cyclic esters (lactones) is 1. The molecule has 0 aromatic carbocycles. The Labute approximate surface area is 211 Å². The maximum absolute atomic E-state index is 13.5. The monoisotopic (exact) mass is 526 g/mol. The third-order valence-corrected chi connectivity index (χ3v) is 6.02. The van der Waals surface area contributed by atoms with Crippen LogP contribution in [0.3, 0.4) is 0 Å². The van der Waals surface area contributed by atoms with Gasteiger partial charge in [0.15, 0.2) is 5.82 Å². The summed E-state index contributed by atoms with van der Waals surface area (Å²) in [5, 5.41) is 5.37. The van der Waals surface area contributed by atoms with Gasteiger partial charge in [-0.25, -0.2) is 9.78 Å². The van der Waals surface area contributed by atoms with E-state index < -0.39 is 23.7 Å². The van der Waals surface area contributed by atoms with Gasteiger partial charge >= 0.3 is 18.2 Å². The van der Waals surface area contributed by atoms with Gasteiger partial charge in [0.25, 0.3) is 5.89 Å².